The number of carbonyl (C=O) groups is 1. The van der Waals surface area contributed by atoms with Gasteiger partial charge in [0.05, 0.1) is 6.10 Å². The third-order valence-electron chi connectivity index (χ3n) is 2.65. The second-order valence-corrected chi connectivity index (χ2v) is 4.00. The van der Waals surface area contributed by atoms with Crippen molar-refractivity contribution < 1.29 is 9.53 Å². The molecule has 2 heteroatoms. The molecular weight excluding hydrogens is 176 g/mol. The van der Waals surface area contributed by atoms with Gasteiger partial charge in [-0.2, -0.15) is 0 Å². The molecule has 0 heterocycles. The average molecular weight is 190 g/mol. The van der Waals surface area contributed by atoms with Crippen LogP contribution in [0.15, 0.2) is 24.3 Å². The van der Waals surface area contributed by atoms with Gasteiger partial charge in [-0.3, -0.25) is 4.79 Å². The Morgan fingerprint density at radius 2 is 1.93 bits per heavy atom. The van der Waals surface area contributed by atoms with Crippen LogP contribution in [-0.4, -0.2) is 12.4 Å². The van der Waals surface area contributed by atoms with Crippen molar-refractivity contribution in [3.05, 3.63) is 29.8 Å². The predicted octanol–water partition coefficient (Wildman–Crippen LogP) is 2.68. The lowest BCUT2D eigenvalue weighted by atomic mass is 9.84. The van der Waals surface area contributed by atoms with E-state index in [4.69, 9.17) is 4.74 Å². The monoisotopic (exact) mass is 190 g/mol. The normalized spacial score (nSPS) is 25.2. The average Bonchev–Trinajstić information content (AvgIpc) is 2.17. The highest BCUT2D eigenvalue weighted by molar-refractivity contribution is 5.74. The van der Waals surface area contributed by atoms with Gasteiger partial charge in [-0.05, 0) is 43.0 Å². The second kappa shape index (κ2) is 3.82. The summed E-state index contributed by atoms with van der Waals surface area (Å²) in [6, 6.07) is 7.27. The number of aldehydes is 1. The minimum atomic E-state index is 0.382. The summed E-state index contributed by atoms with van der Waals surface area (Å²) in [5.74, 6) is 1.67. The lowest BCUT2D eigenvalue weighted by molar-refractivity contribution is 0.0739. The fourth-order valence-electron chi connectivity index (χ4n) is 1.74. The molecule has 0 radical (unpaired) electrons. The maximum Gasteiger partial charge on any atom is 0.150 e. The summed E-state index contributed by atoms with van der Waals surface area (Å²) in [5, 5.41) is 0. The molecule has 1 aromatic carbocycles. The van der Waals surface area contributed by atoms with Crippen LogP contribution in [0.25, 0.3) is 0 Å². The molecule has 0 unspecified atom stereocenters. The zero-order valence-electron chi connectivity index (χ0n) is 8.27. The van der Waals surface area contributed by atoms with Crippen molar-refractivity contribution in [2.75, 3.05) is 0 Å². The summed E-state index contributed by atoms with van der Waals surface area (Å²) < 4.78 is 5.70. The molecule has 2 rings (SSSR count). The van der Waals surface area contributed by atoms with Gasteiger partial charge in [-0.15, -0.1) is 0 Å². The third kappa shape index (κ3) is 1.95. The van der Waals surface area contributed by atoms with Gasteiger partial charge in [-0.25, -0.2) is 0 Å². The first-order chi connectivity index (χ1) is 6.78. The van der Waals surface area contributed by atoms with E-state index in [2.05, 4.69) is 6.92 Å². The van der Waals surface area contributed by atoms with Gasteiger partial charge in [0.15, 0.2) is 0 Å². The predicted molar refractivity (Wildman–Crippen MR) is 54.6 cm³/mol. The number of carbonyl (C=O) groups excluding carboxylic acids is 1. The van der Waals surface area contributed by atoms with E-state index >= 15 is 0 Å². The molecule has 1 fully saturated rings. The Balaban J connectivity index is 1.93. The van der Waals surface area contributed by atoms with Gasteiger partial charge in [-0.1, -0.05) is 6.92 Å². The molecule has 0 atom stereocenters. The van der Waals surface area contributed by atoms with Crippen LogP contribution >= 0.6 is 0 Å². The van der Waals surface area contributed by atoms with E-state index in [1.54, 1.807) is 12.1 Å². The lowest BCUT2D eigenvalue weighted by Gasteiger charge is -2.32. The summed E-state index contributed by atoms with van der Waals surface area (Å²) in [4.78, 5) is 10.4. The number of hydrogen-bond acceptors (Lipinski definition) is 2. The largest absolute Gasteiger partial charge is 0.490 e. The molecule has 1 aliphatic carbocycles. The van der Waals surface area contributed by atoms with Crippen LogP contribution in [0.3, 0.4) is 0 Å². The first-order valence-corrected chi connectivity index (χ1v) is 5.00. The van der Waals surface area contributed by atoms with E-state index in [0.717, 1.165) is 30.8 Å². The van der Waals surface area contributed by atoms with Crippen molar-refractivity contribution in [3.8, 4) is 5.75 Å². The molecule has 0 bridgehead atoms. The molecule has 1 saturated carbocycles. The van der Waals surface area contributed by atoms with Crippen molar-refractivity contribution in [1.29, 1.82) is 0 Å². The zero-order chi connectivity index (χ0) is 9.97. The van der Waals surface area contributed by atoms with Crippen molar-refractivity contribution in [1.82, 2.24) is 0 Å². The topological polar surface area (TPSA) is 26.3 Å². The van der Waals surface area contributed by atoms with E-state index < -0.39 is 0 Å². The second-order valence-electron chi connectivity index (χ2n) is 4.00. The highest BCUT2D eigenvalue weighted by Crippen LogP contribution is 2.30. The van der Waals surface area contributed by atoms with E-state index in [1.165, 1.54) is 0 Å². The van der Waals surface area contributed by atoms with Gasteiger partial charge >= 0.3 is 0 Å². The molecule has 0 amide bonds. The number of ether oxygens (including phenoxy) is 1. The summed E-state index contributed by atoms with van der Waals surface area (Å²) in [7, 11) is 0. The number of benzene rings is 1. The van der Waals surface area contributed by atoms with Crippen LogP contribution in [0.1, 0.15) is 30.1 Å². The molecular formula is C12H14O2. The van der Waals surface area contributed by atoms with Gasteiger partial charge in [0.1, 0.15) is 12.0 Å². The molecule has 74 valence electrons. The van der Waals surface area contributed by atoms with Crippen LogP contribution in [0.5, 0.6) is 5.75 Å². The summed E-state index contributed by atoms with van der Waals surface area (Å²) >= 11 is 0. The van der Waals surface area contributed by atoms with Gasteiger partial charge < -0.3 is 4.74 Å². The molecule has 0 saturated heterocycles. The fourth-order valence-corrected chi connectivity index (χ4v) is 1.74. The molecule has 14 heavy (non-hydrogen) atoms. The minimum absolute atomic E-state index is 0.382. The first kappa shape index (κ1) is 9.25. The Hall–Kier alpha value is -1.31. The van der Waals surface area contributed by atoms with E-state index in [1.807, 2.05) is 12.1 Å². The van der Waals surface area contributed by atoms with Crippen molar-refractivity contribution in [3.63, 3.8) is 0 Å². The standard InChI is InChI=1S/C12H14O2/c1-9-6-12(7-9)14-11-4-2-10(8-13)3-5-11/h2-5,8-9,12H,6-7H2,1H3. The van der Waals surface area contributed by atoms with E-state index in [-0.39, 0.29) is 0 Å². The Bertz CT molecular complexity index is 310. The van der Waals surface area contributed by atoms with Crippen LogP contribution in [0, 0.1) is 5.92 Å². The number of hydrogen-bond donors (Lipinski definition) is 0. The fraction of sp³-hybridized carbons (Fsp3) is 0.417. The molecule has 0 aromatic heterocycles. The third-order valence-corrected chi connectivity index (χ3v) is 2.65. The Kier molecular flexibility index (Phi) is 2.53. The smallest absolute Gasteiger partial charge is 0.150 e. The van der Waals surface area contributed by atoms with Crippen LogP contribution in [0.2, 0.25) is 0 Å². The van der Waals surface area contributed by atoms with Crippen LogP contribution in [-0.2, 0) is 0 Å². The van der Waals surface area contributed by atoms with E-state index in [9.17, 15) is 4.79 Å². The van der Waals surface area contributed by atoms with Gasteiger partial charge in [0, 0.05) is 5.56 Å². The zero-order valence-corrected chi connectivity index (χ0v) is 8.27. The number of rotatable bonds is 3. The summed E-state index contributed by atoms with van der Waals surface area (Å²) in [6.45, 7) is 2.23. The van der Waals surface area contributed by atoms with Crippen LogP contribution < -0.4 is 4.74 Å². The van der Waals surface area contributed by atoms with Crippen LogP contribution in [0.4, 0.5) is 0 Å². The first-order valence-electron chi connectivity index (χ1n) is 5.00. The summed E-state index contributed by atoms with van der Waals surface area (Å²) in [6.07, 6.45) is 3.52. The molecule has 0 aliphatic heterocycles. The quantitative estimate of drug-likeness (QED) is 0.685. The maximum absolute atomic E-state index is 10.4. The van der Waals surface area contributed by atoms with Crippen molar-refractivity contribution >= 4 is 6.29 Å². The highest BCUT2D eigenvalue weighted by Gasteiger charge is 2.26. The SMILES string of the molecule is CC1CC(Oc2ccc(C=O)cc2)C1. The summed E-state index contributed by atoms with van der Waals surface area (Å²) in [5.41, 5.74) is 0.694. The highest BCUT2D eigenvalue weighted by atomic mass is 16.5. The molecule has 0 spiro atoms. The Labute approximate surface area is 83.9 Å². The molecule has 2 nitrogen and oxygen atoms in total. The lowest BCUT2D eigenvalue weighted by Crippen LogP contribution is -2.31. The van der Waals surface area contributed by atoms with E-state index in [0.29, 0.717) is 11.7 Å². The maximum atomic E-state index is 10.4. The molecule has 1 aliphatic rings. The Morgan fingerprint density at radius 1 is 1.29 bits per heavy atom. The van der Waals surface area contributed by atoms with Gasteiger partial charge in [0.2, 0.25) is 0 Å². The Morgan fingerprint density at radius 3 is 2.43 bits per heavy atom. The van der Waals surface area contributed by atoms with Crippen molar-refractivity contribution in [2.45, 2.75) is 25.9 Å². The molecule has 1 aromatic rings. The minimum Gasteiger partial charge on any atom is -0.490 e. The molecule has 0 N–H and O–H groups in total. The van der Waals surface area contributed by atoms with Gasteiger partial charge in [0.25, 0.3) is 0 Å². The van der Waals surface area contributed by atoms with Crippen molar-refractivity contribution in [2.24, 2.45) is 5.92 Å².